The monoisotopic (exact) mass is 263 g/mol. The first kappa shape index (κ1) is 13.4. The van der Waals surface area contributed by atoms with Crippen LogP contribution >= 0.6 is 0 Å². The Kier molecular flexibility index (Phi) is 4.35. The molecule has 6 nitrogen and oxygen atoms in total. The van der Waals surface area contributed by atoms with E-state index in [9.17, 15) is 4.79 Å². The zero-order chi connectivity index (χ0) is 13.7. The molecule has 2 heterocycles. The zero-order valence-corrected chi connectivity index (χ0v) is 11.1. The second-order valence-electron chi connectivity index (χ2n) is 4.20. The van der Waals surface area contributed by atoms with Crippen LogP contribution in [0.2, 0.25) is 0 Å². The molecule has 0 atom stereocenters. The van der Waals surface area contributed by atoms with Crippen LogP contribution < -0.4 is 0 Å². The number of methoxy groups -OCH3 is 1. The van der Waals surface area contributed by atoms with Gasteiger partial charge in [0.05, 0.1) is 31.2 Å². The predicted molar refractivity (Wildman–Crippen MR) is 68.5 cm³/mol. The van der Waals surface area contributed by atoms with E-state index in [1.165, 1.54) is 0 Å². The average Bonchev–Trinajstić information content (AvgIpc) is 3.05. The molecule has 0 saturated carbocycles. The van der Waals surface area contributed by atoms with Crippen molar-refractivity contribution in [3.8, 4) is 0 Å². The van der Waals surface area contributed by atoms with Crippen molar-refractivity contribution in [2.45, 2.75) is 6.54 Å². The number of carbonyl (C=O) groups excluding carboxylic acids is 1. The summed E-state index contributed by atoms with van der Waals surface area (Å²) in [5, 5.41) is 4.01. The molecule has 0 radical (unpaired) electrons. The minimum absolute atomic E-state index is 0.0819. The fourth-order valence-electron chi connectivity index (χ4n) is 1.76. The van der Waals surface area contributed by atoms with E-state index < -0.39 is 0 Å². The van der Waals surface area contributed by atoms with Gasteiger partial charge in [-0.25, -0.2) is 0 Å². The van der Waals surface area contributed by atoms with E-state index in [1.807, 2.05) is 6.07 Å². The van der Waals surface area contributed by atoms with E-state index in [0.29, 0.717) is 25.3 Å². The van der Waals surface area contributed by atoms with E-state index in [2.05, 4.69) is 5.10 Å². The number of furan rings is 1. The highest BCUT2D eigenvalue weighted by atomic mass is 16.5. The Bertz CT molecular complexity index is 519. The van der Waals surface area contributed by atoms with E-state index in [1.54, 1.807) is 48.5 Å². The molecule has 0 bridgehead atoms. The molecule has 102 valence electrons. The fraction of sp³-hybridized carbons (Fsp3) is 0.385. The van der Waals surface area contributed by atoms with Crippen molar-refractivity contribution in [1.82, 2.24) is 14.7 Å². The number of rotatable bonds is 6. The topological polar surface area (TPSA) is 60.5 Å². The Balaban J connectivity index is 2.10. The highest BCUT2D eigenvalue weighted by Crippen LogP contribution is 2.10. The lowest BCUT2D eigenvalue weighted by Crippen LogP contribution is -2.33. The number of nitrogens with zero attached hydrogens (tertiary/aromatic N) is 3. The fourth-order valence-corrected chi connectivity index (χ4v) is 1.76. The van der Waals surface area contributed by atoms with Gasteiger partial charge >= 0.3 is 0 Å². The molecule has 0 saturated heterocycles. The first-order valence-electron chi connectivity index (χ1n) is 6.00. The van der Waals surface area contributed by atoms with Gasteiger partial charge in [-0.2, -0.15) is 5.10 Å². The number of aromatic nitrogens is 2. The highest BCUT2D eigenvalue weighted by molar-refractivity contribution is 5.93. The zero-order valence-electron chi connectivity index (χ0n) is 11.1. The first-order chi connectivity index (χ1) is 9.20. The summed E-state index contributed by atoms with van der Waals surface area (Å²) >= 11 is 0. The van der Waals surface area contributed by atoms with Gasteiger partial charge in [-0.15, -0.1) is 0 Å². The van der Waals surface area contributed by atoms with Crippen molar-refractivity contribution in [2.24, 2.45) is 7.05 Å². The lowest BCUT2D eigenvalue weighted by atomic mass is 10.3. The smallest absolute Gasteiger partial charge is 0.257 e. The quantitative estimate of drug-likeness (QED) is 0.788. The van der Waals surface area contributed by atoms with Crippen LogP contribution in [0, 0.1) is 0 Å². The van der Waals surface area contributed by atoms with Crippen LogP contribution in [-0.2, 0) is 18.3 Å². The van der Waals surface area contributed by atoms with Crippen molar-refractivity contribution in [1.29, 1.82) is 0 Å². The lowest BCUT2D eigenvalue weighted by molar-refractivity contribution is 0.0666. The molecule has 0 N–H and O–H groups in total. The van der Waals surface area contributed by atoms with Gasteiger partial charge in [-0.1, -0.05) is 0 Å². The maximum Gasteiger partial charge on any atom is 0.257 e. The van der Waals surface area contributed by atoms with E-state index in [-0.39, 0.29) is 5.91 Å². The molecule has 19 heavy (non-hydrogen) atoms. The SMILES string of the molecule is COCCN(Cc1ccco1)C(=O)c1cnn(C)c1. The van der Waals surface area contributed by atoms with Crippen molar-refractivity contribution in [3.05, 3.63) is 42.1 Å². The number of aryl methyl sites for hydroxylation is 1. The number of hydrogen-bond donors (Lipinski definition) is 0. The van der Waals surface area contributed by atoms with E-state index in [4.69, 9.17) is 9.15 Å². The Labute approximate surface area is 111 Å². The van der Waals surface area contributed by atoms with Crippen molar-refractivity contribution in [3.63, 3.8) is 0 Å². The van der Waals surface area contributed by atoms with Gasteiger partial charge in [0.1, 0.15) is 5.76 Å². The van der Waals surface area contributed by atoms with Gasteiger partial charge in [-0.05, 0) is 12.1 Å². The summed E-state index contributed by atoms with van der Waals surface area (Å²) in [6.45, 7) is 1.40. The van der Waals surface area contributed by atoms with Crippen molar-refractivity contribution in [2.75, 3.05) is 20.3 Å². The molecule has 2 aromatic heterocycles. The van der Waals surface area contributed by atoms with Gasteiger partial charge in [0.25, 0.3) is 5.91 Å². The number of hydrogen-bond acceptors (Lipinski definition) is 4. The maximum atomic E-state index is 12.4. The summed E-state index contributed by atoms with van der Waals surface area (Å²) < 4.78 is 11.9. The van der Waals surface area contributed by atoms with Crippen molar-refractivity contribution < 1.29 is 13.9 Å². The largest absolute Gasteiger partial charge is 0.467 e. The molecule has 2 rings (SSSR count). The van der Waals surface area contributed by atoms with Crippen LogP contribution in [0.1, 0.15) is 16.1 Å². The Morgan fingerprint density at radius 2 is 2.42 bits per heavy atom. The third kappa shape index (κ3) is 3.45. The molecule has 0 unspecified atom stereocenters. The summed E-state index contributed by atoms with van der Waals surface area (Å²) in [6, 6.07) is 3.65. The predicted octanol–water partition coefficient (Wildman–Crippen LogP) is 1.30. The minimum atomic E-state index is -0.0819. The highest BCUT2D eigenvalue weighted by Gasteiger charge is 2.18. The van der Waals surface area contributed by atoms with E-state index in [0.717, 1.165) is 5.76 Å². The van der Waals surface area contributed by atoms with Gasteiger partial charge in [-0.3, -0.25) is 9.48 Å². The van der Waals surface area contributed by atoms with Crippen LogP contribution in [0.15, 0.2) is 35.2 Å². The number of amides is 1. The van der Waals surface area contributed by atoms with Crippen LogP contribution in [0.3, 0.4) is 0 Å². The Morgan fingerprint density at radius 1 is 1.58 bits per heavy atom. The van der Waals surface area contributed by atoms with Crippen LogP contribution in [0.5, 0.6) is 0 Å². The molecule has 0 aromatic carbocycles. The third-order valence-electron chi connectivity index (χ3n) is 2.73. The molecule has 0 aliphatic rings. The summed E-state index contributed by atoms with van der Waals surface area (Å²) in [4.78, 5) is 14.0. The molecule has 0 spiro atoms. The van der Waals surface area contributed by atoms with Gasteiger partial charge in [0, 0.05) is 26.9 Å². The average molecular weight is 263 g/mol. The Morgan fingerprint density at radius 3 is 3.00 bits per heavy atom. The first-order valence-corrected chi connectivity index (χ1v) is 6.00. The van der Waals surface area contributed by atoms with Gasteiger partial charge in [0.2, 0.25) is 0 Å². The number of carbonyl (C=O) groups is 1. The molecule has 0 aliphatic carbocycles. The lowest BCUT2D eigenvalue weighted by Gasteiger charge is -2.20. The van der Waals surface area contributed by atoms with Crippen LogP contribution in [0.25, 0.3) is 0 Å². The van der Waals surface area contributed by atoms with Crippen LogP contribution in [-0.4, -0.2) is 40.8 Å². The summed E-state index contributed by atoms with van der Waals surface area (Å²) in [7, 11) is 3.39. The third-order valence-corrected chi connectivity index (χ3v) is 2.73. The molecule has 2 aromatic rings. The molecule has 1 amide bonds. The molecular weight excluding hydrogens is 246 g/mol. The van der Waals surface area contributed by atoms with Gasteiger partial charge in [0.15, 0.2) is 0 Å². The standard InChI is InChI=1S/C13H17N3O3/c1-15-9-11(8-14-15)13(17)16(5-7-18-2)10-12-4-3-6-19-12/h3-4,6,8-9H,5,7,10H2,1-2H3. The van der Waals surface area contributed by atoms with Gasteiger partial charge < -0.3 is 14.1 Å². The molecule has 6 heteroatoms. The molecular formula is C13H17N3O3. The van der Waals surface area contributed by atoms with Crippen molar-refractivity contribution >= 4 is 5.91 Å². The molecule has 0 aliphatic heterocycles. The maximum absolute atomic E-state index is 12.4. The summed E-state index contributed by atoms with van der Waals surface area (Å²) in [5.41, 5.74) is 0.560. The molecule has 0 fully saturated rings. The summed E-state index contributed by atoms with van der Waals surface area (Å²) in [5.74, 6) is 0.662. The second-order valence-corrected chi connectivity index (χ2v) is 4.20. The summed E-state index contributed by atoms with van der Waals surface area (Å²) in [6.07, 6.45) is 4.85. The normalized spacial score (nSPS) is 10.6. The van der Waals surface area contributed by atoms with E-state index >= 15 is 0 Å². The van der Waals surface area contributed by atoms with Crippen LogP contribution in [0.4, 0.5) is 0 Å². The Hall–Kier alpha value is -2.08. The minimum Gasteiger partial charge on any atom is -0.467 e. The second kappa shape index (κ2) is 6.19. The number of ether oxygens (including phenoxy) is 1.